The molecular weight excluding hydrogens is 791 g/mol. The number of phenolic OH excluding ortho intramolecular Hbond substituents is 5. The Hall–Kier alpha value is -4.65. The van der Waals surface area contributed by atoms with Crippen molar-refractivity contribution in [2.75, 3.05) is 52.4 Å². The maximum Gasteiger partial charge on any atom is 0.320 e. The summed E-state index contributed by atoms with van der Waals surface area (Å²) in [6.45, 7) is 6.73. The largest absolute Gasteiger partial charge is 0.508 e. The summed E-state index contributed by atoms with van der Waals surface area (Å²) in [6.07, 6.45) is 20.2. The van der Waals surface area contributed by atoms with Crippen LogP contribution in [0, 0.1) is 0 Å². The van der Waals surface area contributed by atoms with E-state index in [-0.39, 0.29) is 29.4 Å². The van der Waals surface area contributed by atoms with E-state index < -0.39 is 12.0 Å². The van der Waals surface area contributed by atoms with Gasteiger partial charge in [-0.05, 0) is 163 Å². The molecule has 1 atom stereocenters. The van der Waals surface area contributed by atoms with Gasteiger partial charge in [0.2, 0.25) is 0 Å². The third-order valence-electron chi connectivity index (χ3n) is 9.47. The molecular formula is C46H81N9O7. The summed E-state index contributed by atoms with van der Waals surface area (Å²) in [7, 11) is 0. The number of rotatable bonds is 25. The highest BCUT2D eigenvalue weighted by Crippen LogP contribution is 2.26. The molecule has 0 aliphatic carbocycles. The van der Waals surface area contributed by atoms with Crippen molar-refractivity contribution in [2.24, 2.45) is 40.1 Å². The van der Waals surface area contributed by atoms with E-state index in [1.54, 1.807) is 18.2 Å². The van der Waals surface area contributed by atoms with Crippen LogP contribution in [0.2, 0.25) is 0 Å². The fourth-order valence-corrected chi connectivity index (χ4v) is 5.91. The third-order valence-corrected chi connectivity index (χ3v) is 9.47. The smallest absolute Gasteiger partial charge is 0.320 e. The summed E-state index contributed by atoms with van der Waals surface area (Å²) < 4.78 is 0. The van der Waals surface area contributed by atoms with E-state index in [1.165, 1.54) is 107 Å². The number of carboxylic acids is 1. The van der Waals surface area contributed by atoms with Crippen LogP contribution in [0.25, 0.3) is 10.9 Å². The maximum absolute atomic E-state index is 10.4. The van der Waals surface area contributed by atoms with E-state index in [2.05, 4.69) is 10.3 Å². The van der Waals surface area contributed by atoms with Crippen molar-refractivity contribution >= 4 is 16.9 Å². The highest BCUT2D eigenvalue weighted by atomic mass is 16.4. The zero-order chi connectivity index (χ0) is 46.4. The van der Waals surface area contributed by atoms with Gasteiger partial charge in [-0.1, -0.05) is 63.5 Å². The van der Waals surface area contributed by atoms with Crippen LogP contribution in [0.3, 0.4) is 0 Å². The Morgan fingerprint density at radius 2 is 1.00 bits per heavy atom. The van der Waals surface area contributed by atoms with Gasteiger partial charge in [0.05, 0.1) is 0 Å². The number of carboxylic acid groups (broad SMARTS) is 1. The molecule has 0 aliphatic rings. The van der Waals surface area contributed by atoms with Crippen LogP contribution in [0.15, 0.2) is 60.8 Å². The van der Waals surface area contributed by atoms with E-state index >= 15 is 0 Å². The monoisotopic (exact) mass is 872 g/mol. The molecule has 62 heavy (non-hydrogen) atoms. The molecule has 3 aromatic carbocycles. The van der Waals surface area contributed by atoms with Gasteiger partial charge in [-0.2, -0.15) is 0 Å². The van der Waals surface area contributed by atoms with Gasteiger partial charge in [0.15, 0.2) is 23.0 Å². The molecule has 1 aromatic heterocycles. The van der Waals surface area contributed by atoms with Gasteiger partial charge in [-0.3, -0.25) is 4.79 Å². The lowest BCUT2D eigenvalue weighted by Gasteiger charge is -2.06. The van der Waals surface area contributed by atoms with Gasteiger partial charge < -0.3 is 81.1 Å². The van der Waals surface area contributed by atoms with Crippen molar-refractivity contribution in [2.45, 2.75) is 109 Å². The highest BCUT2D eigenvalue weighted by molar-refractivity contribution is 5.84. The van der Waals surface area contributed by atoms with Crippen LogP contribution >= 0.6 is 0 Å². The number of aromatic nitrogens is 1. The highest BCUT2D eigenvalue weighted by Gasteiger charge is 2.13. The van der Waals surface area contributed by atoms with Crippen LogP contribution < -0.4 is 45.5 Å². The average molecular weight is 872 g/mol. The molecule has 0 aliphatic heterocycles. The Kier molecular flexibility index (Phi) is 35.2. The third kappa shape index (κ3) is 28.8. The Balaban J connectivity index is 0.000000755. The number of carbonyl (C=O) groups is 1. The van der Waals surface area contributed by atoms with Crippen LogP contribution in [-0.4, -0.2) is 100.0 Å². The fourth-order valence-electron chi connectivity index (χ4n) is 5.91. The maximum atomic E-state index is 10.4. The zero-order valence-electron chi connectivity index (χ0n) is 37.0. The Bertz CT molecular complexity index is 1670. The van der Waals surface area contributed by atoms with Crippen molar-refractivity contribution in [3.8, 4) is 28.7 Å². The first-order chi connectivity index (χ1) is 29.9. The number of unbranched alkanes of at least 4 members (excludes halogenated alkanes) is 10. The molecule has 0 amide bonds. The lowest BCUT2D eigenvalue weighted by atomic mass is 10.1. The molecule has 1 heterocycles. The summed E-state index contributed by atoms with van der Waals surface area (Å²) in [5, 5.41) is 58.3. The van der Waals surface area contributed by atoms with Gasteiger partial charge in [0, 0.05) is 17.1 Å². The van der Waals surface area contributed by atoms with Crippen LogP contribution in [0.5, 0.6) is 28.7 Å². The summed E-state index contributed by atoms with van der Waals surface area (Å²) in [6, 6.07) is 13.1. The number of fused-ring (bicyclic) bond motifs is 1. The van der Waals surface area contributed by atoms with Gasteiger partial charge in [-0.25, -0.2) is 0 Å². The Morgan fingerprint density at radius 1 is 0.532 bits per heavy atom. The van der Waals surface area contributed by atoms with Crippen molar-refractivity contribution < 1.29 is 35.4 Å². The van der Waals surface area contributed by atoms with E-state index in [4.69, 9.17) is 65.7 Å². The summed E-state index contributed by atoms with van der Waals surface area (Å²) in [5.41, 5.74) is 41.3. The molecule has 352 valence electrons. The average Bonchev–Trinajstić information content (AvgIpc) is 3.65. The van der Waals surface area contributed by atoms with Gasteiger partial charge in [-0.15, -0.1) is 0 Å². The molecule has 0 fully saturated rings. The lowest BCUT2D eigenvalue weighted by Crippen LogP contribution is -2.32. The molecule has 0 saturated carbocycles. The van der Waals surface area contributed by atoms with Crippen molar-refractivity contribution in [3.63, 3.8) is 0 Å². The predicted molar refractivity (Wildman–Crippen MR) is 253 cm³/mol. The summed E-state index contributed by atoms with van der Waals surface area (Å²) in [4.78, 5) is 13.6. The van der Waals surface area contributed by atoms with Crippen molar-refractivity contribution in [3.05, 3.63) is 77.5 Å². The molecule has 22 N–H and O–H groups in total. The summed E-state index contributed by atoms with van der Waals surface area (Å²) in [5.74, 6) is -1.50. The second kappa shape index (κ2) is 38.1. The van der Waals surface area contributed by atoms with Crippen molar-refractivity contribution in [1.29, 1.82) is 0 Å². The van der Waals surface area contributed by atoms with Gasteiger partial charge >= 0.3 is 5.97 Å². The molecule has 0 saturated heterocycles. The molecule has 16 nitrogen and oxygen atoms in total. The Morgan fingerprint density at radius 3 is 1.48 bits per heavy atom. The number of nitrogens with one attached hydrogen (secondary N) is 2. The predicted octanol–water partition coefficient (Wildman–Crippen LogP) is 4.49. The molecule has 0 unspecified atom stereocenters. The van der Waals surface area contributed by atoms with E-state index in [9.17, 15) is 9.90 Å². The zero-order valence-corrected chi connectivity index (χ0v) is 37.0. The van der Waals surface area contributed by atoms with Gasteiger partial charge in [0.25, 0.3) is 0 Å². The minimum atomic E-state index is -1.10. The lowest BCUT2D eigenvalue weighted by molar-refractivity contribution is -0.138. The van der Waals surface area contributed by atoms with E-state index in [0.29, 0.717) is 30.8 Å². The number of H-pyrrole nitrogens is 1. The fraction of sp³-hybridized carbons (Fsp3) is 0.543. The number of aromatic hydroxyl groups is 5. The van der Waals surface area contributed by atoms with Crippen LogP contribution in [-0.2, 0) is 24.1 Å². The van der Waals surface area contributed by atoms with Gasteiger partial charge in [0.1, 0.15) is 11.8 Å². The molecule has 4 aromatic rings. The second-order valence-corrected chi connectivity index (χ2v) is 14.9. The minimum Gasteiger partial charge on any atom is -0.508 e. The molecule has 0 bridgehead atoms. The SMILES string of the molecule is NCCCCCCCCN.NCCCCCCCCNCCCN.NCCc1c[nH]c2ccc(O)cc12.NCCc1ccc(O)c(O)c1.N[C@@H](Cc1ccc(O)c(O)c1)C(=O)O. The minimum absolute atomic E-state index is 0.0871. The number of hydrogen-bond acceptors (Lipinski definition) is 14. The van der Waals surface area contributed by atoms with Crippen LogP contribution in [0.4, 0.5) is 0 Å². The number of hydrogen-bond donors (Lipinski definition) is 15. The standard InChI is InChI=1S/C11H27N3.C10H12N2O.C9H11NO4.C8H20N2.C8H11NO2/c12-8-5-3-1-2-4-6-10-14-11-7-9-13;11-4-3-7-6-12-10-2-1-8(13)5-9(7)10;10-6(9(13)14)3-5-1-2-7(11)8(12)4-5;9-7-5-3-1-2-4-6-8-10;9-4-3-6-1-2-7(10)8(11)5-6/h14H,1-13H2;1-2,5-6,12-13H,3-4,11H2;1-2,4,6,11-12H,3,10H2,(H,13,14);1-10H2;1-2,5,10-11H,3-4,9H2/t;;6-;;/m..0../s1. The number of aliphatic carboxylic acids is 1. The molecule has 0 radical (unpaired) electrons. The quantitative estimate of drug-likeness (QED) is 0.0322. The van der Waals surface area contributed by atoms with Crippen LogP contribution in [0.1, 0.15) is 100 Å². The molecule has 16 heteroatoms. The Labute approximate surface area is 369 Å². The second-order valence-electron chi connectivity index (χ2n) is 14.9. The number of nitrogens with two attached hydrogens (primary N) is 7. The van der Waals surface area contributed by atoms with E-state index in [0.717, 1.165) is 74.1 Å². The topological polar surface area (TPSA) is 348 Å². The summed E-state index contributed by atoms with van der Waals surface area (Å²) >= 11 is 0. The first-order valence-electron chi connectivity index (χ1n) is 22.1. The van der Waals surface area contributed by atoms with Crippen molar-refractivity contribution in [1.82, 2.24) is 10.3 Å². The number of aromatic amines is 1. The van der Waals surface area contributed by atoms with E-state index in [1.807, 2.05) is 12.3 Å². The molecule has 4 rings (SSSR count). The first kappa shape index (κ1) is 57.3. The molecule has 0 spiro atoms. The first-order valence-corrected chi connectivity index (χ1v) is 22.1. The normalized spacial score (nSPS) is 10.9. The number of benzene rings is 3. The number of phenols is 5.